The van der Waals surface area contributed by atoms with Gasteiger partial charge in [0.1, 0.15) is 5.76 Å². The van der Waals surface area contributed by atoms with Crippen molar-refractivity contribution in [1.82, 2.24) is 15.4 Å². The average Bonchev–Trinajstić information content (AvgIpc) is 2.81. The lowest BCUT2D eigenvalue weighted by molar-refractivity contribution is -0.120. The highest BCUT2D eigenvalue weighted by molar-refractivity contribution is 6.31. The molecule has 6 heteroatoms. The largest absolute Gasteiger partial charge is 0.361 e. The highest BCUT2D eigenvalue weighted by Crippen LogP contribution is 2.25. The minimum atomic E-state index is -0.0571. The van der Waals surface area contributed by atoms with Gasteiger partial charge in [0.2, 0.25) is 5.91 Å². The van der Waals surface area contributed by atoms with Crippen molar-refractivity contribution >= 4 is 17.5 Å². The van der Waals surface area contributed by atoms with Crippen LogP contribution in [0, 0.1) is 13.8 Å². The Bertz CT molecular complexity index is 663. The number of nitrogens with one attached hydrogen (secondary N) is 1. The smallest absolute Gasteiger partial charge is 0.224 e. The molecule has 0 spiro atoms. The number of likely N-dealkylation sites (N-methyl/N-ethyl adjacent to an activating group) is 1. The molecule has 1 aromatic carbocycles. The van der Waals surface area contributed by atoms with Gasteiger partial charge in [0.15, 0.2) is 0 Å². The van der Waals surface area contributed by atoms with E-state index in [2.05, 4.69) is 10.5 Å². The Labute approximate surface area is 141 Å². The first kappa shape index (κ1) is 17.5. The number of benzene rings is 1. The lowest BCUT2D eigenvalue weighted by Crippen LogP contribution is -2.35. The maximum absolute atomic E-state index is 12.2. The number of carbonyl (C=O) groups is 1. The van der Waals surface area contributed by atoms with Crippen molar-refractivity contribution < 1.29 is 9.32 Å². The molecule has 0 unspecified atom stereocenters. The summed E-state index contributed by atoms with van der Waals surface area (Å²) in [5.74, 6) is 0.631. The minimum absolute atomic E-state index is 0.0114. The van der Waals surface area contributed by atoms with Gasteiger partial charge in [0.25, 0.3) is 0 Å². The number of amides is 1. The molecule has 1 amide bonds. The van der Waals surface area contributed by atoms with Crippen molar-refractivity contribution in [1.29, 1.82) is 0 Å². The van der Waals surface area contributed by atoms with E-state index < -0.39 is 0 Å². The van der Waals surface area contributed by atoms with E-state index in [4.69, 9.17) is 16.1 Å². The molecule has 1 atom stereocenters. The van der Waals surface area contributed by atoms with Gasteiger partial charge in [0, 0.05) is 17.1 Å². The van der Waals surface area contributed by atoms with E-state index in [1.165, 1.54) is 0 Å². The molecule has 124 valence electrons. The third kappa shape index (κ3) is 4.33. The molecule has 2 rings (SSSR count). The second-order valence-corrected chi connectivity index (χ2v) is 6.19. The molecule has 0 aliphatic rings. The van der Waals surface area contributed by atoms with Crippen molar-refractivity contribution in [3.05, 3.63) is 51.9 Å². The first-order valence-electron chi connectivity index (χ1n) is 7.49. The molecule has 1 heterocycles. The average molecular weight is 336 g/mol. The molecule has 0 radical (unpaired) electrons. The summed E-state index contributed by atoms with van der Waals surface area (Å²) >= 11 is 6.28. The Balaban J connectivity index is 2.02. The lowest BCUT2D eigenvalue weighted by Gasteiger charge is -2.26. The van der Waals surface area contributed by atoms with Crippen LogP contribution in [0.5, 0.6) is 0 Å². The van der Waals surface area contributed by atoms with Crippen LogP contribution in [0.3, 0.4) is 0 Å². The summed E-state index contributed by atoms with van der Waals surface area (Å²) in [7, 11) is 3.93. The van der Waals surface area contributed by atoms with Crippen LogP contribution in [-0.2, 0) is 11.2 Å². The predicted octanol–water partition coefficient (Wildman–Crippen LogP) is 2.91. The molecule has 0 aliphatic heterocycles. The van der Waals surface area contributed by atoms with E-state index in [9.17, 15) is 4.79 Å². The Morgan fingerprint density at radius 1 is 1.35 bits per heavy atom. The van der Waals surface area contributed by atoms with Crippen molar-refractivity contribution in [3.8, 4) is 0 Å². The highest BCUT2D eigenvalue weighted by Gasteiger charge is 2.19. The number of nitrogens with zero attached hydrogens (tertiary/aromatic N) is 2. The second-order valence-electron chi connectivity index (χ2n) is 5.78. The fraction of sp³-hybridized carbons (Fsp3) is 0.412. The van der Waals surface area contributed by atoms with Crippen LogP contribution < -0.4 is 5.32 Å². The maximum Gasteiger partial charge on any atom is 0.224 e. The van der Waals surface area contributed by atoms with Crippen LogP contribution in [0.15, 0.2) is 28.8 Å². The summed E-state index contributed by atoms with van der Waals surface area (Å²) in [5.41, 5.74) is 2.60. The van der Waals surface area contributed by atoms with Crippen LogP contribution in [-0.4, -0.2) is 36.6 Å². The topological polar surface area (TPSA) is 58.4 Å². The second kappa shape index (κ2) is 7.62. The van der Waals surface area contributed by atoms with Crippen LogP contribution in [0.1, 0.15) is 28.6 Å². The fourth-order valence-electron chi connectivity index (χ4n) is 2.50. The van der Waals surface area contributed by atoms with Gasteiger partial charge >= 0.3 is 0 Å². The molecule has 0 saturated heterocycles. The zero-order valence-corrected chi connectivity index (χ0v) is 14.6. The number of aryl methyl sites for hydroxylation is 2. The normalized spacial score (nSPS) is 12.4. The van der Waals surface area contributed by atoms with Gasteiger partial charge < -0.3 is 14.7 Å². The third-order valence-corrected chi connectivity index (χ3v) is 4.24. The van der Waals surface area contributed by atoms with E-state index in [-0.39, 0.29) is 18.4 Å². The molecule has 0 fully saturated rings. The molecule has 5 nitrogen and oxygen atoms in total. The fourth-order valence-corrected chi connectivity index (χ4v) is 2.77. The monoisotopic (exact) mass is 335 g/mol. The zero-order chi connectivity index (χ0) is 17.0. The standard InChI is InChI=1S/C17H22ClN3O2/c1-11-14(12(2)23-20-11)9-17(22)19-10-16(21(3)4)13-7-5-6-8-15(13)18/h5-8,16H,9-10H2,1-4H3,(H,19,22)/t16-/m1/s1. The highest BCUT2D eigenvalue weighted by atomic mass is 35.5. The molecule has 0 saturated carbocycles. The summed E-state index contributed by atoms with van der Waals surface area (Å²) in [6, 6.07) is 7.70. The first-order valence-corrected chi connectivity index (χ1v) is 7.87. The van der Waals surface area contributed by atoms with Gasteiger partial charge in [-0.1, -0.05) is 35.0 Å². The maximum atomic E-state index is 12.2. The molecular weight excluding hydrogens is 314 g/mol. The van der Waals surface area contributed by atoms with E-state index in [0.717, 1.165) is 16.8 Å². The quantitative estimate of drug-likeness (QED) is 0.881. The summed E-state index contributed by atoms with van der Waals surface area (Å²) in [6.07, 6.45) is 0.268. The molecule has 0 aliphatic carbocycles. The number of rotatable bonds is 6. The van der Waals surface area contributed by atoms with Gasteiger partial charge in [-0.25, -0.2) is 0 Å². The summed E-state index contributed by atoms with van der Waals surface area (Å²) < 4.78 is 5.09. The first-order chi connectivity index (χ1) is 10.9. The molecule has 1 aromatic heterocycles. The van der Waals surface area contributed by atoms with Crippen molar-refractivity contribution in [2.45, 2.75) is 26.3 Å². The zero-order valence-electron chi connectivity index (χ0n) is 13.9. The Morgan fingerprint density at radius 2 is 2.04 bits per heavy atom. The van der Waals surface area contributed by atoms with Crippen molar-refractivity contribution in [3.63, 3.8) is 0 Å². The van der Waals surface area contributed by atoms with E-state index in [0.29, 0.717) is 17.3 Å². The summed E-state index contributed by atoms with van der Waals surface area (Å²) in [4.78, 5) is 14.3. The Hall–Kier alpha value is -1.85. The molecular formula is C17H22ClN3O2. The number of carbonyl (C=O) groups excluding carboxylic acids is 1. The molecule has 0 bridgehead atoms. The van der Waals surface area contributed by atoms with Gasteiger partial charge in [-0.2, -0.15) is 0 Å². The van der Waals surface area contributed by atoms with Gasteiger partial charge in [-0.3, -0.25) is 4.79 Å². The van der Waals surface area contributed by atoms with E-state index in [1.807, 2.05) is 57.1 Å². The number of hydrogen-bond donors (Lipinski definition) is 1. The van der Waals surface area contributed by atoms with Gasteiger partial charge in [-0.05, 0) is 39.6 Å². The Morgan fingerprint density at radius 3 is 2.61 bits per heavy atom. The van der Waals surface area contributed by atoms with Crippen LogP contribution >= 0.6 is 11.6 Å². The van der Waals surface area contributed by atoms with Crippen molar-refractivity contribution in [2.24, 2.45) is 0 Å². The van der Waals surface area contributed by atoms with Crippen molar-refractivity contribution in [2.75, 3.05) is 20.6 Å². The third-order valence-electron chi connectivity index (χ3n) is 3.90. The Kier molecular flexibility index (Phi) is 5.80. The van der Waals surface area contributed by atoms with Gasteiger partial charge in [0.05, 0.1) is 18.2 Å². The summed E-state index contributed by atoms with van der Waals surface area (Å²) in [5, 5.41) is 7.55. The number of halogens is 1. The van der Waals surface area contributed by atoms with Gasteiger partial charge in [-0.15, -0.1) is 0 Å². The van der Waals surface area contributed by atoms with Crippen LogP contribution in [0.2, 0.25) is 5.02 Å². The molecule has 23 heavy (non-hydrogen) atoms. The molecule has 1 N–H and O–H groups in total. The lowest BCUT2D eigenvalue weighted by atomic mass is 10.1. The van der Waals surface area contributed by atoms with E-state index >= 15 is 0 Å². The predicted molar refractivity (Wildman–Crippen MR) is 90.6 cm³/mol. The minimum Gasteiger partial charge on any atom is -0.361 e. The number of aromatic nitrogens is 1. The van der Waals surface area contributed by atoms with Crippen LogP contribution in [0.25, 0.3) is 0 Å². The SMILES string of the molecule is Cc1noc(C)c1CC(=O)NC[C@H](c1ccccc1Cl)N(C)C. The van der Waals surface area contributed by atoms with E-state index in [1.54, 1.807) is 0 Å². The number of hydrogen-bond acceptors (Lipinski definition) is 4. The molecule has 2 aromatic rings. The van der Waals surface area contributed by atoms with Crippen LogP contribution in [0.4, 0.5) is 0 Å². The summed E-state index contributed by atoms with van der Waals surface area (Å²) in [6.45, 7) is 4.14.